The quantitative estimate of drug-likeness (QED) is 0.112. The lowest BCUT2D eigenvalue weighted by atomic mass is 9.93. The van der Waals surface area contributed by atoms with Crippen molar-refractivity contribution in [2.75, 3.05) is 0 Å². The van der Waals surface area contributed by atoms with Crippen molar-refractivity contribution in [3.8, 4) is 55.8 Å². The molecule has 0 saturated carbocycles. The van der Waals surface area contributed by atoms with Crippen LogP contribution in [-0.4, -0.2) is 19.9 Å². The predicted molar refractivity (Wildman–Crippen MR) is 463 cm³/mol. The summed E-state index contributed by atoms with van der Waals surface area (Å²) in [4.78, 5) is 19.1. The second kappa shape index (κ2) is 26.0. The summed E-state index contributed by atoms with van der Waals surface area (Å²) in [5.74, 6) is 0. The Hall–Kier alpha value is -13.3. The Morgan fingerprint density at radius 1 is 0.227 bits per heavy atom. The van der Waals surface area contributed by atoms with E-state index in [4.69, 9.17) is 15.0 Å². The number of hydrogen-bond acceptors (Lipinski definition) is 4. The smallest absolute Gasteiger partial charge is 0.0802 e. The van der Waals surface area contributed by atoms with Crippen LogP contribution in [0.25, 0.3) is 164 Å². The minimum absolute atomic E-state index is 0.976. The molecule has 0 unspecified atom stereocenters. The molecule has 520 valence electrons. The minimum atomic E-state index is 0.976. The van der Waals surface area contributed by atoms with Crippen LogP contribution in [0.1, 0.15) is 83.7 Å². The molecule has 0 atom stereocenters. The summed E-state index contributed by atoms with van der Waals surface area (Å²) < 4.78 is 0. The number of aromatic nitrogens is 4. The molecule has 0 radical (unpaired) electrons. The molecule has 0 amide bonds. The van der Waals surface area contributed by atoms with Crippen molar-refractivity contribution in [1.82, 2.24) is 19.9 Å². The first-order chi connectivity index (χ1) is 54.1. The van der Waals surface area contributed by atoms with Crippen LogP contribution >= 0.6 is 0 Å². The molecule has 0 bridgehead atoms. The molecular formula is C106H76N4. The number of nitrogens with zero attached hydrogens (tertiary/aromatic N) is 4. The SMILES string of the molecule is Cc1cccc2c1Cc1ccc3cc4ccccc4cc3c1-2.Cc1cccc2c1Cc1ccc3ccc4ccccc4c3c1-2.Cc1ccnc2c1Cc1ccc3cc4ccccc4cc3c1-2.Cc1nc2ccc3ccccc3c2c2c1Cc1ccccc1-2.Cc1nc2ccc3cccnc3c2c2c1Cc1ccccc1-2. The fourth-order valence-corrected chi connectivity index (χ4v) is 19.0. The fourth-order valence-electron chi connectivity index (χ4n) is 19.0. The Bertz CT molecular complexity index is 6960. The van der Waals surface area contributed by atoms with Gasteiger partial charge in [0.2, 0.25) is 0 Å². The molecule has 0 aliphatic heterocycles. The normalized spacial score (nSPS) is 12.6. The van der Waals surface area contributed by atoms with Crippen LogP contribution in [0.2, 0.25) is 0 Å². The highest BCUT2D eigenvalue weighted by Gasteiger charge is 2.29. The summed E-state index contributed by atoms with van der Waals surface area (Å²) in [6.07, 6.45) is 8.93. The number of aryl methyl sites for hydroxylation is 5. The highest BCUT2D eigenvalue weighted by molar-refractivity contribution is 6.18. The zero-order valence-electron chi connectivity index (χ0n) is 62.3. The van der Waals surface area contributed by atoms with Crippen molar-refractivity contribution in [3.63, 3.8) is 0 Å². The van der Waals surface area contributed by atoms with Crippen molar-refractivity contribution < 1.29 is 0 Å². The van der Waals surface area contributed by atoms with Gasteiger partial charge in [-0.05, 0) is 288 Å². The molecule has 0 spiro atoms. The first-order valence-electron chi connectivity index (χ1n) is 38.7. The summed E-state index contributed by atoms with van der Waals surface area (Å²) in [6.45, 7) is 10.9. The van der Waals surface area contributed by atoms with Crippen LogP contribution in [0.5, 0.6) is 0 Å². The van der Waals surface area contributed by atoms with Crippen LogP contribution in [0.3, 0.4) is 0 Å². The third-order valence-electron chi connectivity index (χ3n) is 24.4. The Labute approximate surface area is 639 Å². The molecule has 20 aromatic rings. The van der Waals surface area contributed by atoms with E-state index >= 15 is 0 Å². The summed E-state index contributed by atoms with van der Waals surface area (Å²) in [5, 5.41) is 22.3. The molecule has 25 rings (SSSR count). The molecule has 0 fully saturated rings. The minimum Gasteiger partial charge on any atom is -0.256 e. The van der Waals surface area contributed by atoms with Gasteiger partial charge in [-0.3, -0.25) is 19.9 Å². The summed E-state index contributed by atoms with van der Waals surface area (Å²) in [5.41, 5.74) is 37.6. The maximum atomic E-state index is 4.88. The topological polar surface area (TPSA) is 51.6 Å². The van der Waals surface area contributed by atoms with E-state index in [0.29, 0.717) is 0 Å². The Morgan fingerprint density at radius 3 is 1.26 bits per heavy atom. The number of pyridine rings is 4. The second-order valence-corrected chi connectivity index (χ2v) is 30.7. The van der Waals surface area contributed by atoms with Crippen molar-refractivity contribution in [2.24, 2.45) is 0 Å². The molecule has 4 aromatic heterocycles. The summed E-state index contributed by atoms with van der Waals surface area (Å²) in [6, 6.07) is 108. The highest BCUT2D eigenvalue weighted by atomic mass is 14.7. The Kier molecular flexibility index (Phi) is 15.4. The molecule has 0 N–H and O–H groups in total. The summed E-state index contributed by atoms with van der Waals surface area (Å²) in [7, 11) is 0. The fraction of sp³-hybridized carbons (Fsp3) is 0.0943. The molecule has 5 aliphatic rings. The summed E-state index contributed by atoms with van der Waals surface area (Å²) >= 11 is 0. The number of benzene rings is 16. The van der Waals surface area contributed by atoms with Gasteiger partial charge in [0.1, 0.15) is 0 Å². The third kappa shape index (κ3) is 10.6. The van der Waals surface area contributed by atoms with Crippen LogP contribution in [0, 0.1) is 34.6 Å². The van der Waals surface area contributed by atoms with Gasteiger partial charge in [0.15, 0.2) is 0 Å². The molecule has 0 saturated heterocycles. The molecule has 5 aliphatic carbocycles. The van der Waals surface area contributed by atoms with Gasteiger partial charge in [-0.15, -0.1) is 0 Å². The molecule has 4 heteroatoms. The van der Waals surface area contributed by atoms with Gasteiger partial charge in [-0.1, -0.05) is 249 Å². The number of hydrogen-bond donors (Lipinski definition) is 0. The van der Waals surface area contributed by atoms with Crippen LogP contribution < -0.4 is 0 Å². The maximum absolute atomic E-state index is 4.88. The third-order valence-corrected chi connectivity index (χ3v) is 24.4. The molecule has 4 heterocycles. The van der Waals surface area contributed by atoms with E-state index in [1.807, 2.05) is 18.5 Å². The monoisotopic (exact) mass is 1400 g/mol. The lowest BCUT2D eigenvalue weighted by Crippen LogP contribution is -1.94. The van der Waals surface area contributed by atoms with Gasteiger partial charge in [-0.25, -0.2) is 0 Å². The van der Waals surface area contributed by atoms with Crippen LogP contribution in [-0.2, 0) is 32.1 Å². The molecule has 16 aromatic carbocycles. The van der Waals surface area contributed by atoms with Gasteiger partial charge in [0.25, 0.3) is 0 Å². The zero-order chi connectivity index (χ0) is 73.4. The van der Waals surface area contributed by atoms with E-state index in [2.05, 4.69) is 331 Å². The van der Waals surface area contributed by atoms with E-state index < -0.39 is 0 Å². The van der Waals surface area contributed by atoms with Crippen molar-refractivity contribution in [2.45, 2.75) is 66.7 Å². The Balaban J connectivity index is 0.0000000873. The van der Waals surface area contributed by atoms with Crippen molar-refractivity contribution in [1.29, 1.82) is 0 Å². The molecule has 4 nitrogen and oxygen atoms in total. The van der Waals surface area contributed by atoms with Gasteiger partial charge in [-0.2, -0.15) is 0 Å². The maximum Gasteiger partial charge on any atom is 0.0802 e. The van der Waals surface area contributed by atoms with E-state index in [0.717, 1.165) is 60.0 Å². The number of rotatable bonds is 0. The first-order valence-corrected chi connectivity index (χ1v) is 38.7. The zero-order valence-corrected chi connectivity index (χ0v) is 62.3. The van der Waals surface area contributed by atoms with Crippen LogP contribution in [0.4, 0.5) is 0 Å². The van der Waals surface area contributed by atoms with Gasteiger partial charge < -0.3 is 0 Å². The average Bonchev–Trinajstić information content (AvgIpc) is 1.56. The van der Waals surface area contributed by atoms with E-state index in [1.165, 1.54) is 220 Å². The first kappa shape index (κ1) is 65.0. The lowest BCUT2D eigenvalue weighted by molar-refractivity contribution is 1.14. The van der Waals surface area contributed by atoms with E-state index in [9.17, 15) is 0 Å². The highest BCUT2D eigenvalue weighted by Crippen LogP contribution is 2.50. The van der Waals surface area contributed by atoms with E-state index in [1.54, 1.807) is 0 Å². The predicted octanol–water partition coefficient (Wildman–Crippen LogP) is 26.9. The standard InChI is InChI=1S/2C22H16.2C21H15N.C20H14N2/c1-14-5-4-8-19-20(14)13-18-10-9-17-11-15-6-2-3-7-16(15)12-21(17)22(18)19;1-14-5-4-8-19-20(14)13-17-12-11-16-10-9-15-6-2-3-7-18(15)21(16)22(17)19;1-13-18-12-15-7-3-5-9-17(15)20(18)21-16-8-4-2-6-14(16)10-11-19(21)22-13;1-13-8-9-22-21-18(13)12-17-7-6-16-10-14-4-2-3-5-15(14)11-19(16)20(17)21;1-12-16-11-14-5-2-3-7-15(14)18(16)19-17(22-12)9-8-13-6-4-10-21-20(13)19/h2*2-12H,13H2,1H3;2*2-11H,12H2,1H3;2-10H,11H2,1H3. The van der Waals surface area contributed by atoms with Gasteiger partial charge >= 0.3 is 0 Å². The van der Waals surface area contributed by atoms with Gasteiger partial charge in [0.05, 0.1) is 22.2 Å². The van der Waals surface area contributed by atoms with Crippen LogP contribution in [0.15, 0.2) is 310 Å². The Morgan fingerprint density at radius 2 is 0.645 bits per heavy atom. The second-order valence-electron chi connectivity index (χ2n) is 30.7. The van der Waals surface area contributed by atoms with Gasteiger partial charge in [0, 0.05) is 64.8 Å². The molecular weight excluding hydrogens is 1330 g/mol. The van der Waals surface area contributed by atoms with Crippen molar-refractivity contribution >= 4 is 108 Å². The van der Waals surface area contributed by atoms with Crippen molar-refractivity contribution in [3.05, 3.63) is 393 Å². The number of fused-ring (bicyclic) bond motifs is 33. The molecule has 110 heavy (non-hydrogen) atoms. The van der Waals surface area contributed by atoms with E-state index in [-0.39, 0.29) is 0 Å². The lowest BCUT2D eigenvalue weighted by Gasteiger charge is -2.12. The largest absolute Gasteiger partial charge is 0.256 e. The average molecular weight is 1410 g/mol.